The number of piperidine rings is 1. The maximum absolute atomic E-state index is 13.0. The molecule has 1 amide bonds. The molecule has 2 unspecified atom stereocenters. The van der Waals surface area contributed by atoms with Gasteiger partial charge in [0.2, 0.25) is 10.0 Å². The van der Waals surface area contributed by atoms with Gasteiger partial charge in [0.25, 0.3) is 5.91 Å². The van der Waals surface area contributed by atoms with E-state index in [0.717, 1.165) is 30.5 Å². The normalized spacial score (nSPS) is 18.1. The van der Waals surface area contributed by atoms with Crippen LogP contribution in [-0.4, -0.2) is 36.2 Å². The lowest BCUT2D eigenvalue weighted by Crippen LogP contribution is -2.41. The second kappa shape index (κ2) is 9.63. The van der Waals surface area contributed by atoms with Gasteiger partial charge in [-0.2, -0.15) is 4.31 Å². The Labute approximate surface area is 189 Å². The number of amides is 1. The van der Waals surface area contributed by atoms with E-state index < -0.39 is 16.1 Å². The van der Waals surface area contributed by atoms with Crippen LogP contribution in [0.3, 0.4) is 0 Å². The Hall–Kier alpha value is -3.03. The highest BCUT2D eigenvalue weighted by atomic mass is 32.2. The molecule has 2 heterocycles. The Balaban J connectivity index is 1.55. The van der Waals surface area contributed by atoms with Gasteiger partial charge in [-0.05, 0) is 61.7 Å². The average molecular weight is 450 g/mol. The lowest BCUT2D eigenvalue weighted by atomic mass is 10.0. The van der Waals surface area contributed by atoms with Crippen molar-refractivity contribution in [1.29, 1.82) is 0 Å². The number of sulfonamides is 1. The summed E-state index contributed by atoms with van der Waals surface area (Å²) in [5.41, 5.74) is 2.04. The van der Waals surface area contributed by atoms with E-state index in [1.54, 1.807) is 22.6 Å². The molecule has 0 saturated carbocycles. The quantitative estimate of drug-likeness (QED) is 0.613. The van der Waals surface area contributed by atoms with Crippen molar-refractivity contribution in [3.8, 4) is 0 Å². The molecular formula is C25H27N3O3S. The van der Waals surface area contributed by atoms with Crippen LogP contribution >= 0.6 is 0 Å². The molecule has 1 saturated heterocycles. The van der Waals surface area contributed by atoms with E-state index in [1.165, 1.54) is 12.1 Å². The lowest BCUT2D eigenvalue weighted by Gasteiger charge is -2.32. The van der Waals surface area contributed by atoms with Gasteiger partial charge in [-0.15, -0.1) is 0 Å². The summed E-state index contributed by atoms with van der Waals surface area (Å²) < 4.78 is 27.7. The minimum Gasteiger partial charge on any atom is -0.340 e. The Morgan fingerprint density at radius 2 is 1.72 bits per heavy atom. The van der Waals surface area contributed by atoms with E-state index in [1.807, 2.05) is 55.5 Å². The molecule has 0 radical (unpaired) electrons. The zero-order chi connectivity index (χ0) is 22.6. The number of benzene rings is 2. The van der Waals surface area contributed by atoms with E-state index in [4.69, 9.17) is 0 Å². The van der Waals surface area contributed by atoms with Crippen molar-refractivity contribution in [2.75, 3.05) is 6.54 Å². The SMILES string of the molecule is CC1CCCCN1S(=O)(=O)c1ccc(C(=O)NC(c2ccccc2)c2ccccn2)cc1. The number of pyridine rings is 1. The van der Waals surface area contributed by atoms with Crippen molar-refractivity contribution in [3.05, 3.63) is 95.8 Å². The molecule has 0 spiro atoms. The number of carbonyl (C=O) groups is 1. The maximum Gasteiger partial charge on any atom is 0.252 e. The van der Waals surface area contributed by atoms with Crippen molar-refractivity contribution in [1.82, 2.24) is 14.6 Å². The predicted octanol–water partition coefficient (Wildman–Crippen LogP) is 4.16. The zero-order valence-electron chi connectivity index (χ0n) is 18.0. The first-order valence-corrected chi connectivity index (χ1v) is 12.3. The zero-order valence-corrected chi connectivity index (χ0v) is 18.8. The number of nitrogens with one attached hydrogen (secondary N) is 1. The summed E-state index contributed by atoms with van der Waals surface area (Å²) in [4.78, 5) is 17.6. The molecule has 6 nitrogen and oxygen atoms in total. The number of hydrogen-bond donors (Lipinski definition) is 1. The first kappa shape index (κ1) is 22.2. The number of aromatic nitrogens is 1. The van der Waals surface area contributed by atoms with Crippen molar-refractivity contribution >= 4 is 15.9 Å². The van der Waals surface area contributed by atoms with Crippen LogP contribution < -0.4 is 5.32 Å². The molecule has 166 valence electrons. The molecule has 1 N–H and O–H groups in total. The highest BCUT2D eigenvalue weighted by Gasteiger charge is 2.31. The van der Waals surface area contributed by atoms with E-state index in [9.17, 15) is 13.2 Å². The van der Waals surface area contributed by atoms with Crippen molar-refractivity contribution < 1.29 is 13.2 Å². The average Bonchev–Trinajstić information content (AvgIpc) is 2.84. The molecule has 32 heavy (non-hydrogen) atoms. The summed E-state index contributed by atoms with van der Waals surface area (Å²) in [7, 11) is -3.57. The van der Waals surface area contributed by atoms with Gasteiger partial charge >= 0.3 is 0 Å². The van der Waals surface area contributed by atoms with Gasteiger partial charge in [0, 0.05) is 24.3 Å². The number of carbonyl (C=O) groups excluding carboxylic acids is 1. The molecule has 2 aromatic carbocycles. The number of hydrogen-bond acceptors (Lipinski definition) is 4. The second-order valence-electron chi connectivity index (χ2n) is 8.06. The first-order chi connectivity index (χ1) is 15.5. The Bertz CT molecular complexity index is 1110. The van der Waals surface area contributed by atoms with Crippen LogP contribution in [0.15, 0.2) is 83.9 Å². The molecule has 4 rings (SSSR count). The van der Waals surface area contributed by atoms with Crippen LogP contribution in [0.25, 0.3) is 0 Å². The largest absolute Gasteiger partial charge is 0.340 e. The van der Waals surface area contributed by atoms with Crippen LogP contribution in [-0.2, 0) is 10.0 Å². The fourth-order valence-corrected chi connectivity index (χ4v) is 5.78. The van der Waals surface area contributed by atoms with Crippen molar-refractivity contribution in [2.45, 2.75) is 43.2 Å². The second-order valence-corrected chi connectivity index (χ2v) is 9.95. The number of nitrogens with zero attached hydrogens (tertiary/aromatic N) is 2. The molecule has 0 aliphatic carbocycles. The van der Waals surface area contributed by atoms with Gasteiger partial charge in [-0.3, -0.25) is 9.78 Å². The fraction of sp³-hybridized carbons (Fsp3) is 0.280. The third-order valence-electron chi connectivity index (χ3n) is 5.86. The minimum absolute atomic E-state index is 0.0123. The summed E-state index contributed by atoms with van der Waals surface area (Å²) in [6.07, 6.45) is 4.48. The molecule has 1 aliphatic heterocycles. The summed E-state index contributed by atoms with van der Waals surface area (Å²) >= 11 is 0. The summed E-state index contributed by atoms with van der Waals surface area (Å²) in [6, 6.07) is 21.0. The highest BCUT2D eigenvalue weighted by Crippen LogP contribution is 2.26. The van der Waals surface area contributed by atoms with Crippen LogP contribution in [0, 0.1) is 0 Å². The highest BCUT2D eigenvalue weighted by molar-refractivity contribution is 7.89. The van der Waals surface area contributed by atoms with Gasteiger partial charge in [0.15, 0.2) is 0 Å². The molecule has 7 heteroatoms. The predicted molar refractivity (Wildman–Crippen MR) is 124 cm³/mol. The third-order valence-corrected chi connectivity index (χ3v) is 7.88. The monoisotopic (exact) mass is 449 g/mol. The van der Waals surface area contributed by atoms with E-state index in [0.29, 0.717) is 12.1 Å². The van der Waals surface area contributed by atoms with Crippen LogP contribution in [0.1, 0.15) is 53.8 Å². The lowest BCUT2D eigenvalue weighted by molar-refractivity contribution is 0.0942. The molecule has 1 fully saturated rings. The van der Waals surface area contributed by atoms with Gasteiger partial charge in [0.1, 0.15) is 0 Å². The van der Waals surface area contributed by atoms with Crippen LogP contribution in [0.5, 0.6) is 0 Å². The van der Waals surface area contributed by atoms with Crippen LogP contribution in [0.4, 0.5) is 0 Å². The van der Waals surface area contributed by atoms with Crippen LogP contribution in [0.2, 0.25) is 0 Å². The van der Waals surface area contributed by atoms with E-state index >= 15 is 0 Å². The van der Waals surface area contributed by atoms with Gasteiger partial charge < -0.3 is 5.32 Å². The molecule has 2 atom stereocenters. The molecule has 3 aromatic rings. The van der Waals surface area contributed by atoms with E-state index in [-0.39, 0.29) is 16.8 Å². The number of rotatable bonds is 6. The standard InChI is InChI=1S/C25H27N3O3S/c1-19-9-6-8-18-28(19)32(30,31)22-15-13-21(14-16-22)25(29)27-24(20-10-3-2-4-11-20)23-12-5-7-17-26-23/h2-5,7,10-17,19,24H,6,8-9,18H2,1H3,(H,27,29). The Kier molecular flexibility index (Phi) is 6.67. The van der Waals surface area contributed by atoms with Gasteiger partial charge in [-0.25, -0.2) is 8.42 Å². The summed E-state index contributed by atoms with van der Waals surface area (Å²) in [5, 5.41) is 3.03. The van der Waals surface area contributed by atoms with Gasteiger partial charge in [-0.1, -0.05) is 42.8 Å². The smallest absolute Gasteiger partial charge is 0.252 e. The first-order valence-electron chi connectivity index (χ1n) is 10.9. The minimum atomic E-state index is -3.57. The molecule has 1 aliphatic rings. The van der Waals surface area contributed by atoms with Crippen molar-refractivity contribution in [3.63, 3.8) is 0 Å². The van der Waals surface area contributed by atoms with Gasteiger partial charge in [0.05, 0.1) is 16.6 Å². The Morgan fingerprint density at radius 1 is 1.00 bits per heavy atom. The molecule has 0 bridgehead atoms. The summed E-state index contributed by atoms with van der Waals surface area (Å²) in [6.45, 7) is 2.48. The molecule has 1 aromatic heterocycles. The maximum atomic E-state index is 13.0. The Morgan fingerprint density at radius 3 is 2.38 bits per heavy atom. The summed E-state index contributed by atoms with van der Waals surface area (Å²) in [5.74, 6) is -0.292. The third kappa shape index (κ3) is 4.74. The molecular weight excluding hydrogens is 422 g/mol. The van der Waals surface area contributed by atoms with E-state index in [2.05, 4.69) is 10.3 Å². The fourth-order valence-electron chi connectivity index (χ4n) is 4.08. The van der Waals surface area contributed by atoms with Crippen molar-refractivity contribution in [2.24, 2.45) is 0 Å². The topological polar surface area (TPSA) is 79.4 Å².